The fourth-order valence-electron chi connectivity index (χ4n) is 6.61. The van der Waals surface area contributed by atoms with Gasteiger partial charge in [0.05, 0.1) is 32.2 Å². The second-order valence-electron chi connectivity index (χ2n) is 19.9. The molecule has 350 valence electrons. The molecule has 0 bridgehead atoms. The molecule has 0 aliphatic carbocycles. The summed E-state index contributed by atoms with van der Waals surface area (Å²) in [6, 6.07) is 6.18. The van der Waals surface area contributed by atoms with Gasteiger partial charge in [-0.15, -0.1) is 0 Å². The van der Waals surface area contributed by atoms with E-state index in [0.29, 0.717) is 70.8 Å². The van der Waals surface area contributed by atoms with Crippen LogP contribution in [-0.2, 0) is 49.3 Å². The van der Waals surface area contributed by atoms with Crippen LogP contribution in [0.4, 0.5) is 5.69 Å². The molecule has 1 unspecified atom stereocenters. The Bertz CT molecular complexity index is 1660. The quantitative estimate of drug-likeness (QED) is 0.0582. The standard InChI is InChI=1S/C44H75N9O9/c1-41(2,3)59-36(54)28-50-20-21-51(29-37(55)60-42(4,5)6)24-25-53(31-39(57)62-44(10,11)12)34(27-52(23-22-50)30-38(56)61-43(7,8)9)26-32-15-17-33(18-16-32)48-40(58)35(45)14-13-19-47-49-46/h15-18,34-35H,13-14,19-31,45H2,1-12H3,(H,48,58)/t34?,35-/m0/s1. The van der Waals surface area contributed by atoms with Gasteiger partial charge in [0.2, 0.25) is 5.91 Å². The first-order valence-corrected chi connectivity index (χ1v) is 21.5. The van der Waals surface area contributed by atoms with E-state index in [2.05, 4.69) is 15.3 Å². The lowest BCUT2D eigenvalue weighted by molar-refractivity contribution is -0.160. The van der Waals surface area contributed by atoms with E-state index in [-0.39, 0.29) is 44.7 Å². The van der Waals surface area contributed by atoms with Gasteiger partial charge in [0.25, 0.3) is 0 Å². The Morgan fingerprint density at radius 1 is 0.677 bits per heavy atom. The summed E-state index contributed by atoms with van der Waals surface area (Å²) in [5.41, 5.74) is 13.2. The molecule has 18 heteroatoms. The molecule has 1 heterocycles. The molecule has 1 aliphatic rings. The molecule has 0 radical (unpaired) electrons. The van der Waals surface area contributed by atoms with Gasteiger partial charge in [0.15, 0.2) is 0 Å². The van der Waals surface area contributed by atoms with Crippen LogP contribution >= 0.6 is 0 Å². The molecule has 18 nitrogen and oxygen atoms in total. The number of benzene rings is 1. The molecular formula is C44H75N9O9. The van der Waals surface area contributed by atoms with E-state index in [1.807, 2.05) is 115 Å². The van der Waals surface area contributed by atoms with Gasteiger partial charge in [0.1, 0.15) is 22.4 Å². The monoisotopic (exact) mass is 874 g/mol. The van der Waals surface area contributed by atoms with Crippen LogP contribution < -0.4 is 11.1 Å². The van der Waals surface area contributed by atoms with Crippen molar-refractivity contribution in [2.45, 2.75) is 137 Å². The number of hydrogen-bond acceptors (Lipinski definition) is 15. The summed E-state index contributed by atoms with van der Waals surface area (Å²) in [6.07, 6.45) is 1.25. The van der Waals surface area contributed by atoms with Crippen molar-refractivity contribution in [3.63, 3.8) is 0 Å². The third kappa shape index (κ3) is 24.4. The van der Waals surface area contributed by atoms with Crippen molar-refractivity contribution >= 4 is 35.5 Å². The highest BCUT2D eigenvalue weighted by Gasteiger charge is 2.31. The third-order valence-corrected chi connectivity index (χ3v) is 9.09. The number of nitrogens with two attached hydrogens (primary N) is 1. The number of amides is 1. The van der Waals surface area contributed by atoms with Crippen LogP contribution in [0.15, 0.2) is 29.4 Å². The number of carbonyl (C=O) groups excluding carboxylic acids is 5. The van der Waals surface area contributed by atoms with Crippen LogP contribution in [0.1, 0.15) is 101 Å². The van der Waals surface area contributed by atoms with Crippen LogP contribution in [-0.4, -0.2) is 162 Å². The highest BCUT2D eigenvalue weighted by Crippen LogP contribution is 2.19. The highest BCUT2D eigenvalue weighted by molar-refractivity contribution is 5.94. The number of rotatable bonds is 16. The Balaban J connectivity index is 2.61. The summed E-state index contributed by atoms with van der Waals surface area (Å²) in [4.78, 5) is 77.0. The van der Waals surface area contributed by atoms with Gasteiger partial charge in [0, 0.05) is 69.0 Å². The smallest absolute Gasteiger partial charge is 0.320 e. The van der Waals surface area contributed by atoms with Crippen molar-refractivity contribution in [2.24, 2.45) is 10.8 Å². The normalized spacial score (nSPS) is 17.7. The van der Waals surface area contributed by atoms with E-state index in [0.717, 1.165) is 5.56 Å². The predicted octanol–water partition coefficient (Wildman–Crippen LogP) is 4.54. The molecule has 1 saturated heterocycles. The molecule has 1 aliphatic heterocycles. The molecule has 1 amide bonds. The molecule has 2 rings (SSSR count). The largest absolute Gasteiger partial charge is 0.459 e. The zero-order chi connectivity index (χ0) is 46.9. The molecule has 0 aromatic heterocycles. The summed E-state index contributed by atoms with van der Waals surface area (Å²) in [5.74, 6) is -2.00. The Hall–Kier alpha value is -4.32. The number of anilines is 1. The number of nitrogens with one attached hydrogen (secondary N) is 1. The summed E-state index contributed by atoms with van der Waals surface area (Å²) in [6.45, 7) is 24.4. The van der Waals surface area contributed by atoms with Gasteiger partial charge < -0.3 is 30.0 Å². The van der Waals surface area contributed by atoms with E-state index >= 15 is 0 Å². The van der Waals surface area contributed by atoms with Crippen LogP contribution in [0.3, 0.4) is 0 Å². The first-order chi connectivity index (χ1) is 28.6. The Labute approximate surface area is 369 Å². The van der Waals surface area contributed by atoms with Crippen molar-refractivity contribution < 1.29 is 42.9 Å². The number of ether oxygens (including phenoxy) is 4. The van der Waals surface area contributed by atoms with E-state index in [1.54, 1.807) is 12.1 Å². The molecule has 0 spiro atoms. The number of azide groups is 1. The maximum Gasteiger partial charge on any atom is 0.320 e. The molecule has 1 fully saturated rings. The molecule has 2 atom stereocenters. The zero-order valence-electron chi connectivity index (χ0n) is 39.5. The predicted molar refractivity (Wildman–Crippen MR) is 238 cm³/mol. The van der Waals surface area contributed by atoms with Crippen LogP contribution in [0.2, 0.25) is 0 Å². The Morgan fingerprint density at radius 3 is 1.52 bits per heavy atom. The number of carbonyl (C=O) groups is 5. The van der Waals surface area contributed by atoms with Gasteiger partial charge in [-0.2, -0.15) is 0 Å². The third-order valence-electron chi connectivity index (χ3n) is 9.09. The summed E-state index contributed by atoms with van der Waals surface area (Å²) in [7, 11) is 0. The van der Waals surface area contributed by atoms with Crippen molar-refractivity contribution in [3.05, 3.63) is 40.3 Å². The molecule has 1 aromatic carbocycles. The van der Waals surface area contributed by atoms with Crippen LogP contribution in [0, 0.1) is 0 Å². The number of esters is 4. The lowest BCUT2D eigenvalue weighted by atomic mass is 10.0. The lowest BCUT2D eigenvalue weighted by Gasteiger charge is -2.39. The summed E-state index contributed by atoms with van der Waals surface area (Å²) < 4.78 is 23.0. The van der Waals surface area contributed by atoms with Crippen LogP contribution in [0.5, 0.6) is 0 Å². The Morgan fingerprint density at radius 2 is 1.08 bits per heavy atom. The molecule has 62 heavy (non-hydrogen) atoms. The maximum atomic E-state index is 13.6. The van der Waals surface area contributed by atoms with Crippen molar-refractivity contribution in [2.75, 3.05) is 83.9 Å². The zero-order valence-corrected chi connectivity index (χ0v) is 39.5. The van der Waals surface area contributed by atoms with Gasteiger partial charge in [-0.3, -0.25) is 43.6 Å². The minimum atomic E-state index is -0.785. The maximum absolute atomic E-state index is 13.6. The number of nitrogens with zero attached hydrogens (tertiary/aromatic N) is 7. The fraction of sp³-hybridized carbons (Fsp3) is 0.750. The first kappa shape index (κ1) is 53.8. The van der Waals surface area contributed by atoms with Gasteiger partial charge in [-0.05, 0) is 126 Å². The molecule has 0 saturated carbocycles. The summed E-state index contributed by atoms with van der Waals surface area (Å²) in [5, 5.41) is 6.34. The van der Waals surface area contributed by atoms with Gasteiger partial charge in [-0.25, -0.2) is 0 Å². The lowest BCUT2D eigenvalue weighted by Crippen LogP contribution is -2.54. The van der Waals surface area contributed by atoms with E-state index in [1.165, 1.54) is 0 Å². The topological polar surface area (TPSA) is 222 Å². The van der Waals surface area contributed by atoms with E-state index in [9.17, 15) is 24.0 Å². The van der Waals surface area contributed by atoms with Crippen molar-refractivity contribution in [1.82, 2.24) is 19.6 Å². The van der Waals surface area contributed by atoms with E-state index in [4.69, 9.17) is 30.2 Å². The second-order valence-corrected chi connectivity index (χ2v) is 19.9. The second kappa shape index (κ2) is 24.5. The summed E-state index contributed by atoms with van der Waals surface area (Å²) >= 11 is 0. The van der Waals surface area contributed by atoms with Gasteiger partial charge in [-0.1, -0.05) is 17.2 Å². The Kier molecular flexibility index (Phi) is 21.3. The average molecular weight is 874 g/mol. The molecule has 3 N–H and O–H groups in total. The average Bonchev–Trinajstić information content (AvgIpc) is 3.09. The fourth-order valence-corrected chi connectivity index (χ4v) is 6.61. The molecule has 1 aromatic rings. The van der Waals surface area contributed by atoms with E-state index < -0.39 is 52.3 Å². The highest BCUT2D eigenvalue weighted by atomic mass is 16.6. The SMILES string of the molecule is CC(C)(C)OC(=O)CN1CCN(CC(=O)OC(C)(C)C)CCN(CC(=O)OC(C)(C)C)C(Cc2ccc(NC(=O)[C@@H](N)CCCN=[N+]=[N-])cc2)CN(CC(=O)OC(C)(C)C)CC1. The minimum absolute atomic E-state index is 0.00441. The van der Waals surface area contributed by atoms with Crippen LogP contribution in [0.25, 0.3) is 10.4 Å². The van der Waals surface area contributed by atoms with Gasteiger partial charge >= 0.3 is 23.9 Å². The minimum Gasteiger partial charge on any atom is -0.459 e. The van der Waals surface area contributed by atoms with Crippen molar-refractivity contribution in [1.29, 1.82) is 0 Å². The first-order valence-electron chi connectivity index (χ1n) is 21.5. The number of hydrogen-bond donors (Lipinski definition) is 2. The van der Waals surface area contributed by atoms with Crippen molar-refractivity contribution in [3.8, 4) is 0 Å². The molecular weight excluding hydrogens is 799 g/mol.